The van der Waals surface area contributed by atoms with Gasteiger partial charge in [-0.1, -0.05) is 13.8 Å². The number of hydrogen-bond acceptors (Lipinski definition) is 3. The van der Waals surface area contributed by atoms with Gasteiger partial charge in [0.15, 0.2) is 5.78 Å². The molecule has 0 aliphatic carbocycles. The van der Waals surface area contributed by atoms with E-state index in [2.05, 4.69) is 13.8 Å². The molecule has 1 rings (SSSR count). The topological polar surface area (TPSA) is 35.5 Å². The van der Waals surface area contributed by atoms with Crippen molar-refractivity contribution in [2.24, 2.45) is 5.92 Å². The van der Waals surface area contributed by atoms with Crippen LogP contribution in [0.2, 0.25) is 0 Å². The van der Waals surface area contributed by atoms with Crippen molar-refractivity contribution in [3.8, 4) is 5.75 Å². The molecule has 1 aromatic rings. The number of hydrogen-bond donors (Lipinski definition) is 0. The summed E-state index contributed by atoms with van der Waals surface area (Å²) in [6.45, 7) is 4.65. The van der Waals surface area contributed by atoms with Crippen LogP contribution in [0.1, 0.15) is 30.6 Å². The average Bonchev–Trinajstić information content (AvgIpc) is 2.34. The molecule has 0 aliphatic rings. The van der Waals surface area contributed by atoms with E-state index < -0.39 is 5.82 Å². The third kappa shape index (κ3) is 4.45. The summed E-state index contributed by atoms with van der Waals surface area (Å²) < 4.78 is 23.4. The molecular formula is C14H19FO3. The first kappa shape index (κ1) is 14.6. The molecule has 0 radical (unpaired) electrons. The van der Waals surface area contributed by atoms with E-state index in [1.54, 1.807) is 0 Å². The number of ketones is 1. The predicted octanol–water partition coefficient (Wildman–Crippen LogP) is 3.08. The molecule has 0 unspecified atom stereocenters. The van der Waals surface area contributed by atoms with Crippen molar-refractivity contribution in [3.63, 3.8) is 0 Å². The van der Waals surface area contributed by atoms with E-state index in [4.69, 9.17) is 9.47 Å². The minimum atomic E-state index is -0.457. The van der Waals surface area contributed by atoms with E-state index in [1.807, 2.05) is 0 Å². The first-order valence-corrected chi connectivity index (χ1v) is 5.99. The summed E-state index contributed by atoms with van der Waals surface area (Å²) in [6, 6.07) is 3.87. The normalized spacial score (nSPS) is 10.7. The molecule has 0 atom stereocenters. The highest BCUT2D eigenvalue weighted by Crippen LogP contribution is 2.19. The first-order valence-electron chi connectivity index (χ1n) is 5.99. The summed E-state index contributed by atoms with van der Waals surface area (Å²) in [5, 5.41) is 0. The van der Waals surface area contributed by atoms with Crippen LogP contribution >= 0.6 is 0 Å². The van der Waals surface area contributed by atoms with Crippen LogP contribution in [0.25, 0.3) is 0 Å². The molecule has 0 spiro atoms. The third-order valence-electron chi connectivity index (χ3n) is 2.53. The van der Waals surface area contributed by atoms with E-state index in [0.717, 1.165) is 6.42 Å². The molecule has 0 N–H and O–H groups in total. The summed E-state index contributed by atoms with van der Waals surface area (Å²) in [6.07, 6.45) is 0.896. The number of ether oxygens (including phenoxy) is 2. The summed E-state index contributed by atoms with van der Waals surface area (Å²) in [5.74, 6) is 0.175. The number of carbonyl (C=O) groups excluding carboxylic acids is 1. The zero-order chi connectivity index (χ0) is 13.5. The van der Waals surface area contributed by atoms with Gasteiger partial charge in [0.1, 0.15) is 18.2 Å². The number of methoxy groups -OCH3 is 1. The van der Waals surface area contributed by atoms with E-state index in [-0.39, 0.29) is 18.0 Å². The number of halogens is 1. The maximum atomic E-state index is 13.1. The molecule has 0 heterocycles. The number of benzene rings is 1. The second kappa shape index (κ2) is 7.11. The lowest BCUT2D eigenvalue weighted by atomic mass is 10.1. The fourth-order valence-corrected chi connectivity index (χ4v) is 1.46. The highest BCUT2D eigenvalue weighted by atomic mass is 19.1. The average molecular weight is 254 g/mol. The summed E-state index contributed by atoms with van der Waals surface area (Å²) >= 11 is 0. The lowest BCUT2D eigenvalue weighted by molar-refractivity contribution is 0.0736. The standard InChI is InChI=1S/C14H19FO3/c1-10(2)6-7-18-9-13(16)12-8-11(15)4-5-14(12)17-3/h4-5,8,10H,6-7,9H2,1-3H3. The molecule has 0 aromatic heterocycles. The molecule has 3 nitrogen and oxygen atoms in total. The Labute approximate surface area is 107 Å². The predicted molar refractivity (Wildman–Crippen MR) is 67.6 cm³/mol. The van der Waals surface area contributed by atoms with Crippen molar-refractivity contribution < 1.29 is 18.7 Å². The van der Waals surface area contributed by atoms with E-state index >= 15 is 0 Å². The summed E-state index contributed by atoms with van der Waals surface area (Å²) in [7, 11) is 1.45. The Hall–Kier alpha value is -1.42. The second-order valence-electron chi connectivity index (χ2n) is 4.50. The van der Waals surface area contributed by atoms with E-state index in [0.29, 0.717) is 18.3 Å². The van der Waals surface area contributed by atoms with Gasteiger partial charge in [-0.3, -0.25) is 4.79 Å². The van der Waals surface area contributed by atoms with Crippen LogP contribution < -0.4 is 4.74 Å². The monoisotopic (exact) mass is 254 g/mol. The Kier molecular flexibility index (Phi) is 5.78. The number of rotatable bonds is 7. The molecular weight excluding hydrogens is 235 g/mol. The number of carbonyl (C=O) groups is 1. The van der Waals surface area contributed by atoms with Crippen LogP contribution in [0.15, 0.2) is 18.2 Å². The van der Waals surface area contributed by atoms with Crippen molar-refractivity contribution in [2.45, 2.75) is 20.3 Å². The van der Waals surface area contributed by atoms with Crippen molar-refractivity contribution in [2.75, 3.05) is 20.3 Å². The Balaban J connectivity index is 2.58. The van der Waals surface area contributed by atoms with Gasteiger partial charge < -0.3 is 9.47 Å². The smallest absolute Gasteiger partial charge is 0.192 e. The van der Waals surface area contributed by atoms with E-state index in [9.17, 15) is 9.18 Å². The fraction of sp³-hybridized carbons (Fsp3) is 0.500. The zero-order valence-corrected chi connectivity index (χ0v) is 11.0. The van der Waals surface area contributed by atoms with E-state index in [1.165, 1.54) is 25.3 Å². The van der Waals surface area contributed by atoms with Gasteiger partial charge in [-0.05, 0) is 30.5 Å². The van der Waals surface area contributed by atoms with Crippen molar-refractivity contribution in [1.82, 2.24) is 0 Å². The third-order valence-corrected chi connectivity index (χ3v) is 2.53. The van der Waals surface area contributed by atoms with Crippen LogP contribution in [-0.2, 0) is 4.74 Å². The van der Waals surface area contributed by atoms with Crippen LogP contribution in [0.4, 0.5) is 4.39 Å². The zero-order valence-electron chi connectivity index (χ0n) is 11.0. The molecule has 0 bridgehead atoms. The number of Topliss-reactive ketones (excluding diaryl/α,β-unsaturated/α-hetero) is 1. The molecule has 0 saturated heterocycles. The van der Waals surface area contributed by atoms with Crippen molar-refractivity contribution in [3.05, 3.63) is 29.6 Å². The van der Waals surface area contributed by atoms with Gasteiger partial charge in [-0.15, -0.1) is 0 Å². The Morgan fingerprint density at radius 2 is 2.11 bits per heavy atom. The summed E-state index contributed by atoms with van der Waals surface area (Å²) in [4.78, 5) is 11.8. The first-order chi connectivity index (χ1) is 8.54. The SMILES string of the molecule is COc1ccc(F)cc1C(=O)COCCC(C)C. The second-order valence-corrected chi connectivity index (χ2v) is 4.50. The Morgan fingerprint density at radius 1 is 1.39 bits per heavy atom. The van der Waals surface area contributed by atoms with Crippen LogP contribution in [-0.4, -0.2) is 26.1 Å². The Bertz CT molecular complexity index is 402. The lowest BCUT2D eigenvalue weighted by Crippen LogP contribution is -2.12. The highest BCUT2D eigenvalue weighted by molar-refractivity contribution is 5.99. The van der Waals surface area contributed by atoms with Gasteiger partial charge in [0.05, 0.1) is 12.7 Å². The minimum absolute atomic E-state index is 0.0491. The van der Waals surface area contributed by atoms with Crippen LogP contribution in [0.5, 0.6) is 5.75 Å². The maximum absolute atomic E-state index is 13.1. The van der Waals surface area contributed by atoms with Gasteiger partial charge in [0.25, 0.3) is 0 Å². The van der Waals surface area contributed by atoms with Gasteiger partial charge in [-0.25, -0.2) is 4.39 Å². The van der Waals surface area contributed by atoms with Crippen LogP contribution in [0, 0.1) is 11.7 Å². The minimum Gasteiger partial charge on any atom is -0.496 e. The Morgan fingerprint density at radius 3 is 2.72 bits per heavy atom. The molecule has 0 aliphatic heterocycles. The largest absolute Gasteiger partial charge is 0.496 e. The molecule has 100 valence electrons. The summed E-state index contributed by atoms with van der Waals surface area (Å²) in [5.41, 5.74) is 0.224. The van der Waals surface area contributed by atoms with Crippen LogP contribution in [0.3, 0.4) is 0 Å². The molecule has 18 heavy (non-hydrogen) atoms. The lowest BCUT2D eigenvalue weighted by Gasteiger charge is -2.09. The van der Waals surface area contributed by atoms with Gasteiger partial charge in [0.2, 0.25) is 0 Å². The molecule has 0 saturated carbocycles. The molecule has 1 aromatic carbocycles. The molecule has 0 amide bonds. The fourth-order valence-electron chi connectivity index (χ4n) is 1.46. The van der Waals surface area contributed by atoms with Gasteiger partial charge >= 0.3 is 0 Å². The molecule has 0 fully saturated rings. The van der Waals surface area contributed by atoms with Crippen molar-refractivity contribution in [1.29, 1.82) is 0 Å². The van der Waals surface area contributed by atoms with Gasteiger partial charge in [0, 0.05) is 6.61 Å². The van der Waals surface area contributed by atoms with Crippen molar-refractivity contribution >= 4 is 5.78 Å². The maximum Gasteiger partial charge on any atom is 0.192 e. The van der Waals surface area contributed by atoms with Gasteiger partial charge in [-0.2, -0.15) is 0 Å². The quantitative estimate of drug-likeness (QED) is 0.554. The highest BCUT2D eigenvalue weighted by Gasteiger charge is 2.13. The molecule has 4 heteroatoms.